The third kappa shape index (κ3) is 3.46. The summed E-state index contributed by atoms with van der Waals surface area (Å²) in [6, 6.07) is 0. The molecule has 93 valence electrons. The second-order valence-electron chi connectivity index (χ2n) is 4.98. The van der Waals surface area contributed by atoms with Crippen LogP contribution in [-0.2, 0) is 14.3 Å². The Bertz CT molecular complexity index is 234. The first-order chi connectivity index (χ1) is 7.40. The van der Waals surface area contributed by atoms with E-state index in [4.69, 9.17) is 9.47 Å². The maximum atomic E-state index is 12.1. The fourth-order valence-corrected chi connectivity index (χ4v) is 1.71. The topological polar surface area (TPSA) is 47.6 Å². The Morgan fingerprint density at radius 3 is 2.62 bits per heavy atom. The van der Waals surface area contributed by atoms with Crippen LogP contribution in [0.4, 0.5) is 0 Å². The lowest BCUT2D eigenvalue weighted by atomic mass is 9.92. The minimum atomic E-state index is -0.854. The third-order valence-corrected chi connectivity index (χ3v) is 2.40. The molecule has 1 atom stereocenters. The van der Waals surface area contributed by atoms with Gasteiger partial charge in [0, 0.05) is 19.6 Å². The van der Waals surface area contributed by atoms with Crippen molar-refractivity contribution in [3.05, 3.63) is 6.42 Å². The van der Waals surface area contributed by atoms with Crippen LogP contribution in [0.3, 0.4) is 0 Å². The van der Waals surface area contributed by atoms with Crippen LogP contribution < -0.4 is 5.32 Å². The molecule has 4 heteroatoms. The Balaban J connectivity index is 2.72. The number of hydrogen-bond donors (Lipinski definition) is 1. The SMILES string of the molecule is CCOC1(C(=O)OC(C)(C)C)[CH]CNCC1. The van der Waals surface area contributed by atoms with Gasteiger partial charge >= 0.3 is 5.97 Å². The van der Waals surface area contributed by atoms with E-state index in [1.54, 1.807) is 0 Å². The lowest BCUT2D eigenvalue weighted by molar-refractivity contribution is -0.181. The van der Waals surface area contributed by atoms with Crippen molar-refractivity contribution in [2.75, 3.05) is 19.7 Å². The highest BCUT2D eigenvalue weighted by atomic mass is 16.6. The molecule has 1 fully saturated rings. The Hall–Kier alpha value is -0.610. The van der Waals surface area contributed by atoms with Gasteiger partial charge in [0.2, 0.25) is 0 Å². The molecule has 0 aromatic heterocycles. The monoisotopic (exact) mass is 228 g/mol. The zero-order valence-corrected chi connectivity index (χ0v) is 10.6. The fourth-order valence-electron chi connectivity index (χ4n) is 1.71. The minimum absolute atomic E-state index is 0.275. The van der Waals surface area contributed by atoms with E-state index in [-0.39, 0.29) is 5.97 Å². The van der Waals surface area contributed by atoms with E-state index >= 15 is 0 Å². The largest absolute Gasteiger partial charge is 0.458 e. The van der Waals surface area contributed by atoms with E-state index in [0.29, 0.717) is 19.6 Å². The van der Waals surface area contributed by atoms with Crippen LogP contribution in [0.1, 0.15) is 34.1 Å². The van der Waals surface area contributed by atoms with Crippen LogP contribution >= 0.6 is 0 Å². The molecule has 0 bridgehead atoms. The molecular formula is C12H22NO3. The number of rotatable bonds is 3. The van der Waals surface area contributed by atoms with E-state index in [9.17, 15) is 4.79 Å². The molecule has 0 amide bonds. The number of ether oxygens (including phenoxy) is 2. The second kappa shape index (κ2) is 5.15. The maximum Gasteiger partial charge on any atom is 0.339 e. The highest BCUT2D eigenvalue weighted by Gasteiger charge is 2.43. The molecule has 0 spiro atoms. The molecule has 1 N–H and O–H groups in total. The third-order valence-electron chi connectivity index (χ3n) is 2.40. The van der Waals surface area contributed by atoms with E-state index in [1.165, 1.54) is 0 Å². The normalized spacial score (nSPS) is 20.5. The molecule has 16 heavy (non-hydrogen) atoms. The van der Waals surface area contributed by atoms with Crippen molar-refractivity contribution in [2.24, 2.45) is 0 Å². The van der Waals surface area contributed by atoms with Crippen LogP contribution in [-0.4, -0.2) is 36.9 Å². The zero-order valence-electron chi connectivity index (χ0n) is 10.6. The van der Waals surface area contributed by atoms with Crippen molar-refractivity contribution in [3.8, 4) is 0 Å². The van der Waals surface area contributed by atoms with Gasteiger partial charge in [-0.15, -0.1) is 0 Å². The molecule has 1 rings (SSSR count). The number of nitrogens with one attached hydrogen (secondary N) is 1. The van der Waals surface area contributed by atoms with Crippen LogP contribution in [0, 0.1) is 6.42 Å². The lowest BCUT2D eigenvalue weighted by Gasteiger charge is -2.36. The second-order valence-corrected chi connectivity index (χ2v) is 4.98. The van der Waals surface area contributed by atoms with Gasteiger partial charge in [-0.25, -0.2) is 4.79 Å². The Morgan fingerprint density at radius 1 is 1.50 bits per heavy atom. The van der Waals surface area contributed by atoms with Crippen molar-refractivity contribution in [3.63, 3.8) is 0 Å². The molecule has 4 nitrogen and oxygen atoms in total. The predicted molar refractivity (Wildman–Crippen MR) is 62.0 cm³/mol. The molecule has 1 aliphatic heterocycles. The quantitative estimate of drug-likeness (QED) is 0.740. The van der Waals surface area contributed by atoms with Crippen molar-refractivity contribution in [2.45, 2.75) is 45.3 Å². The van der Waals surface area contributed by atoms with E-state index in [1.807, 2.05) is 34.1 Å². The highest BCUT2D eigenvalue weighted by Crippen LogP contribution is 2.26. The van der Waals surface area contributed by atoms with Crippen molar-refractivity contribution in [1.82, 2.24) is 5.32 Å². The zero-order chi connectivity index (χ0) is 12.2. The van der Waals surface area contributed by atoms with Gasteiger partial charge < -0.3 is 14.8 Å². The van der Waals surface area contributed by atoms with Crippen molar-refractivity contribution in [1.29, 1.82) is 0 Å². The first kappa shape index (κ1) is 13.5. The summed E-state index contributed by atoms with van der Waals surface area (Å²) in [5, 5.41) is 3.17. The molecule has 1 unspecified atom stereocenters. The predicted octanol–water partition coefficient (Wildman–Crippen LogP) is 1.30. The number of esters is 1. The average molecular weight is 228 g/mol. The summed E-state index contributed by atoms with van der Waals surface area (Å²) in [6.45, 7) is 9.45. The first-order valence-electron chi connectivity index (χ1n) is 5.82. The van der Waals surface area contributed by atoms with Crippen molar-refractivity contribution >= 4 is 5.97 Å². The van der Waals surface area contributed by atoms with Gasteiger partial charge in [0.25, 0.3) is 0 Å². The first-order valence-corrected chi connectivity index (χ1v) is 5.82. The molecular weight excluding hydrogens is 206 g/mol. The van der Waals surface area contributed by atoms with Gasteiger partial charge in [-0.1, -0.05) is 0 Å². The number of carbonyl (C=O) groups is 1. The van der Waals surface area contributed by atoms with E-state index < -0.39 is 11.2 Å². The Kier molecular flexibility index (Phi) is 4.33. The van der Waals surface area contributed by atoms with E-state index in [2.05, 4.69) is 5.32 Å². The fraction of sp³-hybridized carbons (Fsp3) is 0.833. The minimum Gasteiger partial charge on any atom is -0.458 e. The van der Waals surface area contributed by atoms with E-state index in [0.717, 1.165) is 6.54 Å². The van der Waals surface area contributed by atoms with Crippen LogP contribution in [0.15, 0.2) is 0 Å². The summed E-state index contributed by atoms with van der Waals surface area (Å²) in [6.07, 6.45) is 2.50. The standard InChI is InChI=1S/C12H22NO3/c1-5-15-12(6-8-13-9-7-12)10(14)16-11(2,3)4/h6,13H,5,7-9H2,1-4H3. The molecule has 1 saturated heterocycles. The summed E-state index contributed by atoms with van der Waals surface area (Å²) in [7, 11) is 0. The molecule has 1 heterocycles. The average Bonchev–Trinajstić information content (AvgIpc) is 2.17. The number of carbonyl (C=O) groups excluding carboxylic acids is 1. The van der Waals surface area contributed by atoms with Crippen LogP contribution in [0.25, 0.3) is 0 Å². The van der Waals surface area contributed by atoms with Crippen LogP contribution in [0.2, 0.25) is 0 Å². The summed E-state index contributed by atoms with van der Waals surface area (Å²) < 4.78 is 11.0. The Morgan fingerprint density at radius 2 is 2.19 bits per heavy atom. The van der Waals surface area contributed by atoms with Gasteiger partial charge in [0.15, 0.2) is 5.60 Å². The summed E-state index contributed by atoms with van der Waals surface area (Å²) in [4.78, 5) is 12.1. The highest BCUT2D eigenvalue weighted by molar-refractivity contribution is 5.82. The van der Waals surface area contributed by atoms with Gasteiger partial charge in [0.1, 0.15) is 5.60 Å². The summed E-state index contributed by atoms with van der Waals surface area (Å²) in [5.41, 5.74) is -1.33. The molecule has 0 saturated carbocycles. The van der Waals surface area contributed by atoms with Crippen molar-refractivity contribution < 1.29 is 14.3 Å². The van der Waals surface area contributed by atoms with Crippen LogP contribution in [0.5, 0.6) is 0 Å². The number of piperidine rings is 1. The molecule has 0 aromatic carbocycles. The van der Waals surface area contributed by atoms with Gasteiger partial charge in [-0.3, -0.25) is 0 Å². The molecule has 0 aromatic rings. The molecule has 1 aliphatic rings. The van der Waals surface area contributed by atoms with Gasteiger partial charge in [-0.05, 0) is 40.7 Å². The summed E-state index contributed by atoms with van der Waals surface area (Å²) in [5.74, 6) is -0.275. The maximum absolute atomic E-state index is 12.1. The number of hydrogen-bond acceptors (Lipinski definition) is 4. The molecule has 1 radical (unpaired) electrons. The smallest absolute Gasteiger partial charge is 0.339 e. The summed E-state index contributed by atoms with van der Waals surface area (Å²) >= 11 is 0. The van der Waals surface area contributed by atoms with Gasteiger partial charge in [-0.2, -0.15) is 0 Å². The Labute approximate surface area is 97.7 Å². The lowest BCUT2D eigenvalue weighted by Crippen LogP contribution is -2.52. The molecule has 0 aliphatic carbocycles. The van der Waals surface area contributed by atoms with Gasteiger partial charge in [0.05, 0.1) is 0 Å².